The van der Waals surface area contributed by atoms with Gasteiger partial charge in [-0.15, -0.1) is 0 Å². The molecule has 2 aromatic rings. The highest BCUT2D eigenvalue weighted by Gasteiger charge is 2.11. The Balaban J connectivity index is 2.11. The maximum absolute atomic E-state index is 10.9. The molecule has 0 aliphatic carbocycles. The second-order valence-corrected chi connectivity index (χ2v) is 5.60. The van der Waals surface area contributed by atoms with Crippen molar-refractivity contribution in [2.24, 2.45) is 0 Å². The van der Waals surface area contributed by atoms with Gasteiger partial charge in [0.25, 0.3) is 0 Å². The molecule has 0 fully saturated rings. The van der Waals surface area contributed by atoms with Crippen molar-refractivity contribution in [1.29, 1.82) is 0 Å². The molecule has 0 bridgehead atoms. The van der Waals surface area contributed by atoms with Gasteiger partial charge in [-0.05, 0) is 35.4 Å². The van der Waals surface area contributed by atoms with Gasteiger partial charge in [-0.25, -0.2) is 0 Å². The van der Waals surface area contributed by atoms with Gasteiger partial charge in [0, 0.05) is 13.8 Å². The van der Waals surface area contributed by atoms with E-state index in [-0.39, 0.29) is 16.8 Å². The van der Waals surface area contributed by atoms with Crippen LogP contribution in [-0.4, -0.2) is 11.9 Å². The minimum Gasteiger partial charge on any atom is -0.427 e. The summed E-state index contributed by atoms with van der Waals surface area (Å²) in [6, 6.07) is 14.5. The van der Waals surface area contributed by atoms with E-state index in [0.717, 1.165) is 11.1 Å². The maximum Gasteiger partial charge on any atom is 0.308 e. The summed E-state index contributed by atoms with van der Waals surface area (Å²) in [6.07, 6.45) is 0. The summed E-state index contributed by atoms with van der Waals surface area (Å²) in [5.74, 6) is 0.343. The zero-order valence-electron chi connectivity index (χ0n) is 12.2. The number of hydrogen-bond donors (Lipinski definition) is 0. The topological polar surface area (TPSA) is 52.6 Å². The molecule has 0 aliphatic rings. The zero-order chi connectivity index (χ0) is 16.1. The average molecular weight is 363 g/mol. The summed E-state index contributed by atoms with van der Waals surface area (Å²) in [5.41, 5.74) is 2.05. The zero-order valence-corrected chi connectivity index (χ0v) is 13.8. The fourth-order valence-electron chi connectivity index (χ4n) is 1.93. The molecule has 0 atom stereocenters. The molecule has 2 aromatic carbocycles. The molecule has 114 valence electrons. The van der Waals surface area contributed by atoms with Crippen LogP contribution in [0.5, 0.6) is 11.5 Å². The second kappa shape index (κ2) is 7.22. The van der Waals surface area contributed by atoms with Crippen molar-refractivity contribution in [1.82, 2.24) is 0 Å². The third kappa shape index (κ3) is 4.43. The molecule has 0 radical (unpaired) electrons. The average Bonchev–Trinajstić information content (AvgIpc) is 2.47. The lowest BCUT2D eigenvalue weighted by Crippen LogP contribution is -2.02. The molecule has 0 aromatic heterocycles. The van der Waals surface area contributed by atoms with Crippen LogP contribution < -0.4 is 9.47 Å². The molecule has 5 heteroatoms. The van der Waals surface area contributed by atoms with Crippen LogP contribution in [0.4, 0.5) is 0 Å². The molecule has 0 saturated carbocycles. The van der Waals surface area contributed by atoms with E-state index >= 15 is 0 Å². The lowest BCUT2D eigenvalue weighted by Gasteiger charge is -2.12. The van der Waals surface area contributed by atoms with E-state index in [1.165, 1.54) is 13.8 Å². The van der Waals surface area contributed by atoms with Crippen LogP contribution in [0.1, 0.15) is 29.8 Å². The number of esters is 2. The van der Waals surface area contributed by atoms with Crippen molar-refractivity contribution in [2.75, 3.05) is 0 Å². The lowest BCUT2D eigenvalue weighted by molar-refractivity contribution is -0.132. The summed E-state index contributed by atoms with van der Waals surface area (Å²) in [7, 11) is 0. The van der Waals surface area contributed by atoms with Gasteiger partial charge >= 0.3 is 11.9 Å². The van der Waals surface area contributed by atoms with E-state index in [0.29, 0.717) is 11.5 Å². The highest BCUT2D eigenvalue weighted by Crippen LogP contribution is 2.32. The van der Waals surface area contributed by atoms with Gasteiger partial charge in [0.05, 0.1) is 4.83 Å². The Hall–Kier alpha value is -2.14. The lowest BCUT2D eigenvalue weighted by atomic mass is 10.0. The summed E-state index contributed by atoms with van der Waals surface area (Å²) in [5, 5.41) is 0. The number of hydrogen-bond acceptors (Lipinski definition) is 4. The van der Waals surface area contributed by atoms with Gasteiger partial charge in [0.1, 0.15) is 11.5 Å². The maximum atomic E-state index is 10.9. The molecule has 2 rings (SSSR count). The number of rotatable bonds is 4. The highest BCUT2D eigenvalue weighted by atomic mass is 79.9. The molecule has 4 nitrogen and oxygen atoms in total. The Kier molecular flexibility index (Phi) is 5.33. The number of carbonyl (C=O) groups excluding carboxylic acids is 2. The predicted octanol–water partition coefficient (Wildman–Crippen LogP) is 4.02. The van der Waals surface area contributed by atoms with Crippen LogP contribution in [-0.2, 0) is 9.59 Å². The number of ether oxygens (including phenoxy) is 2. The van der Waals surface area contributed by atoms with Gasteiger partial charge in [-0.3, -0.25) is 9.59 Å². The molecule has 0 amide bonds. The van der Waals surface area contributed by atoms with E-state index in [4.69, 9.17) is 9.47 Å². The van der Waals surface area contributed by atoms with Gasteiger partial charge in [0.15, 0.2) is 0 Å². The summed E-state index contributed by atoms with van der Waals surface area (Å²) in [6.45, 7) is 2.73. The monoisotopic (exact) mass is 362 g/mol. The molecule has 22 heavy (non-hydrogen) atoms. The molecule has 0 N–H and O–H groups in total. The van der Waals surface area contributed by atoms with Crippen LogP contribution in [0, 0.1) is 0 Å². The first-order valence-corrected chi connectivity index (χ1v) is 7.58. The predicted molar refractivity (Wildman–Crippen MR) is 86.3 cm³/mol. The fraction of sp³-hybridized carbons (Fsp3) is 0.176. The molecule has 0 heterocycles. The Bertz CT molecular complexity index is 603. The van der Waals surface area contributed by atoms with Crippen LogP contribution in [0.25, 0.3) is 0 Å². The Morgan fingerprint density at radius 3 is 1.36 bits per heavy atom. The number of carbonyl (C=O) groups is 2. The molecular weight excluding hydrogens is 348 g/mol. The molecule has 0 aliphatic heterocycles. The van der Waals surface area contributed by atoms with Crippen molar-refractivity contribution in [3.8, 4) is 11.5 Å². The van der Waals surface area contributed by atoms with Gasteiger partial charge in [0.2, 0.25) is 0 Å². The highest BCUT2D eigenvalue weighted by molar-refractivity contribution is 9.09. The smallest absolute Gasteiger partial charge is 0.308 e. The van der Waals surface area contributed by atoms with Crippen molar-refractivity contribution < 1.29 is 19.1 Å². The molecular formula is C17H15BrO4. The minimum absolute atomic E-state index is 0.00902. The summed E-state index contributed by atoms with van der Waals surface area (Å²) < 4.78 is 10.0. The first-order valence-electron chi connectivity index (χ1n) is 6.66. The minimum atomic E-state index is -0.343. The fourth-order valence-corrected chi connectivity index (χ4v) is 2.54. The SMILES string of the molecule is CC(=O)Oc1ccc(C(Br)c2ccc(OC(C)=O)cc2)cc1. The third-order valence-corrected chi connectivity index (χ3v) is 3.93. The number of alkyl halides is 1. The third-order valence-electron chi connectivity index (χ3n) is 2.87. The van der Waals surface area contributed by atoms with E-state index in [2.05, 4.69) is 15.9 Å². The van der Waals surface area contributed by atoms with Gasteiger partial charge in [-0.1, -0.05) is 40.2 Å². The molecule has 0 spiro atoms. The Labute approximate surface area is 137 Å². The van der Waals surface area contributed by atoms with E-state index in [1.807, 2.05) is 24.3 Å². The van der Waals surface area contributed by atoms with E-state index < -0.39 is 0 Å². The van der Waals surface area contributed by atoms with Gasteiger partial charge in [-0.2, -0.15) is 0 Å². The summed E-state index contributed by atoms with van der Waals surface area (Å²) >= 11 is 3.63. The first kappa shape index (κ1) is 16.2. The second-order valence-electron chi connectivity index (χ2n) is 4.69. The quantitative estimate of drug-likeness (QED) is 0.468. The Morgan fingerprint density at radius 1 is 0.773 bits per heavy atom. The number of halogens is 1. The van der Waals surface area contributed by atoms with Gasteiger partial charge < -0.3 is 9.47 Å². The standard InChI is InChI=1S/C17H15BrO4/c1-11(19)21-15-7-3-13(4-8-15)17(18)14-5-9-16(10-6-14)22-12(2)20/h3-10,17H,1-2H3. The molecule has 0 saturated heterocycles. The van der Waals surface area contributed by atoms with Crippen LogP contribution >= 0.6 is 15.9 Å². The normalized spacial score (nSPS) is 10.4. The van der Waals surface area contributed by atoms with Crippen LogP contribution in [0.2, 0.25) is 0 Å². The largest absolute Gasteiger partial charge is 0.427 e. The van der Waals surface area contributed by atoms with Crippen molar-refractivity contribution >= 4 is 27.9 Å². The first-order chi connectivity index (χ1) is 10.5. The van der Waals surface area contributed by atoms with Crippen LogP contribution in [0.15, 0.2) is 48.5 Å². The Morgan fingerprint density at radius 2 is 1.09 bits per heavy atom. The molecule has 0 unspecified atom stereocenters. The van der Waals surface area contributed by atoms with Crippen LogP contribution in [0.3, 0.4) is 0 Å². The van der Waals surface area contributed by atoms with E-state index in [9.17, 15) is 9.59 Å². The van der Waals surface area contributed by atoms with E-state index in [1.54, 1.807) is 24.3 Å². The van der Waals surface area contributed by atoms with Crippen molar-refractivity contribution in [3.05, 3.63) is 59.7 Å². The van der Waals surface area contributed by atoms with Crippen molar-refractivity contribution in [2.45, 2.75) is 18.7 Å². The summed E-state index contributed by atoms with van der Waals surface area (Å²) in [4.78, 5) is 21.8. The van der Waals surface area contributed by atoms with Crippen molar-refractivity contribution in [3.63, 3.8) is 0 Å². The number of benzene rings is 2.